The summed E-state index contributed by atoms with van der Waals surface area (Å²) in [5.41, 5.74) is 9.71. The molecule has 3 aromatic rings. The van der Waals surface area contributed by atoms with Gasteiger partial charge in [0.15, 0.2) is 5.65 Å². The number of fused-ring (bicyclic) bond motifs is 2. The number of aromatic nitrogens is 3. The number of anilines is 1. The molecule has 0 radical (unpaired) electrons. The molecule has 2 heterocycles. The highest BCUT2D eigenvalue weighted by atomic mass is 16.5. The van der Waals surface area contributed by atoms with Gasteiger partial charge >= 0.3 is 5.97 Å². The summed E-state index contributed by atoms with van der Waals surface area (Å²) in [4.78, 5) is 22.5. The van der Waals surface area contributed by atoms with E-state index in [1.165, 1.54) is 19.3 Å². The molecule has 0 saturated heterocycles. The standard InChI is InChI=1S/C22H28N4O2/c1-3-14(2)13-28-22(27)18-19-21(25-17-12-8-7-11-16(17)24-19)26(20(18)23)15-9-5-4-6-10-15/h7-8,11-12,14-15H,3-6,9-10,13,23H2,1-2H3/t14-/m0/s1. The molecule has 28 heavy (non-hydrogen) atoms. The van der Waals surface area contributed by atoms with E-state index >= 15 is 0 Å². The van der Waals surface area contributed by atoms with Gasteiger partial charge in [-0.15, -0.1) is 0 Å². The van der Waals surface area contributed by atoms with Crippen molar-refractivity contribution in [2.75, 3.05) is 12.3 Å². The van der Waals surface area contributed by atoms with Crippen molar-refractivity contribution in [3.63, 3.8) is 0 Å². The van der Waals surface area contributed by atoms with Crippen LogP contribution in [0.1, 0.15) is 68.8 Å². The van der Waals surface area contributed by atoms with Gasteiger partial charge in [0.25, 0.3) is 0 Å². The summed E-state index contributed by atoms with van der Waals surface area (Å²) in [6.07, 6.45) is 6.62. The fourth-order valence-electron chi connectivity index (χ4n) is 4.00. The maximum atomic E-state index is 12.9. The van der Waals surface area contributed by atoms with Crippen LogP contribution in [-0.2, 0) is 4.74 Å². The van der Waals surface area contributed by atoms with Crippen LogP contribution in [-0.4, -0.2) is 27.1 Å². The summed E-state index contributed by atoms with van der Waals surface area (Å²) in [6, 6.07) is 7.97. The lowest BCUT2D eigenvalue weighted by atomic mass is 9.95. The van der Waals surface area contributed by atoms with Gasteiger partial charge in [-0.05, 0) is 30.9 Å². The minimum Gasteiger partial charge on any atom is -0.462 e. The Morgan fingerprint density at radius 3 is 2.57 bits per heavy atom. The minimum absolute atomic E-state index is 0.253. The van der Waals surface area contributed by atoms with Crippen molar-refractivity contribution in [1.82, 2.24) is 14.5 Å². The molecular formula is C22H28N4O2. The molecule has 148 valence electrons. The highest BCUT2D eigenvalue weighted by molar-refractivity contribution is 6.08. The van der Waals surface area contributed by atoms with Gasteiger partial charge in [-0.1, -0.05) is 51.7 Å². The van der Waals surface area contributed by atoms with Crippen molar-refractivity contribution < 1.29 is 9.53 Å². The second-order valence-corrected chi connectivity index (χ2v) is 7.92. The molecule has 1 aliphatic carbocycles. The van der Waals surface area contributed by atoms with Crippen LogP contribution in [0.3, 0.4) is 0 Å². The fraction of sp³-hybridized carbons (Fsp3) is 0.500. The predicted octanol–water partition coefficient (Wildman–Crippen LogP) is 4.87. The molecule has 0 aliphatic heterocycles. The lowest BCUT2D eigenvalue weighted by Gasteiger charge is -2.25. The molecule has 1 aromatic carbocycles. The molecule has 0 spiro atoms. The van der Waals surface area contributed by atoms with Crippen LogP contribution in [0.5, 0.6) is 0 Å². The van der Waals surface area contributed by atoms with Gasteiger partial charge in [-0.25, -0.2) is 14.8 Å². The molecule has 6 heteroatoms. The highest BCUT2D eigenvalue weighted by Crippen LogP contribution is 2.37. The number of carbonyl (C=O) groups is 1. The van der Waals surface area contributed by atoms with Crippen LogP contribution < -0.4 is 5.73 Å². The largest absolute Gasteiger partial charge is 0.462 e. The zero-order valence-corrected chi connectivity index (χ0v) is 16.6. The summed E-state index contributed by atoms with van der Waals surface area (Å²) in [5, 5.41) is 0. The topological polar surface area (TPSA) is 83.0 Å². The van der Waals surface area contributed by atoms with E-state index < -0.39 is 5.97 Å². The van der Waals surface area contributed by atoms with Gasteiger partial charge in [0, 0.05) is 6.04 Å². The number of carbonyl (C=O) groups excluding carboxylic acids is 1. The van der Waals surface area contributed by atoms with Crippen molar-refractivity contribution >= 4 is 34.0 Å². The van der Waals surface area contributed by atoms with Crippen molar-refractivity contribution in [1.29, 1.82) is 0 Å². The molecule has 6 nitrogen and oxygen atoms in total. The molecule has 1 saturated carbocycles. The maximum absolute atomic E-state index is 12.9. The minimum atomic E-state index is -0.401. The Balaban J connectivity index is 1.86. The number of benzene rings is 1. The second-order valence-electron chi connectivity index (χ2n) is 7.92. The van der Waals surface area contributed by atoms with E-state index in [1.54, 1.807) is 0 Å². The molecule has 0 amide bonds. The molecule has 0 unspecified atom stereocenters. The number of para-hydroxylation sites is 2. The van der Waals surface area contributed by atoms with E-state index in [0.717, 1.165) is 30.3 Å². The van der Waals surface area contributed by atoms with Crippen LogP contribution in [0.4, 0.5) is 5.82 Å². The molecule has 1 aliphatic rings. The first kappa shape index (κ1) is 18.7. The summed E-state index contributed by atoms with van der Waals surface area (Å²) in [5.74, 6) is 0.345. The van der Waals surface area contributed by atoms with Gasteiger partial charge in [0.1, 0.15) is 16.9 Å². The summed E-state index contributed by atoms with van der Waals surface area (Å²) in [6.45, 7) is 4.53. The van der Waals surface area contributed by atoms with Gasteiger partial charge in [0.05, 0.1) is 17.6 Å². The van der Waals surface area contributed by atoms with E-state index in [1.807, 2.05) is 28.8 Å². The predicted molar refractivity (Wildman–Crippen MR) is 111 cm³/mol. The van der Waals surface area contributed by atoms with Crippen molar-refractivity contribution in [3.05, 3.63) is 29.8 Å². The number of hydrogen-bond acceptors (Lipinski definition) is 5. The number of esters is 1. The third-order valence-corrected chi connectivity index (χ3v) is 5.87. The monoisotopic (exact) mass is 380 g/mol. The number of hydrogen-bond donors (Lipinski definition) is 1. The number of ether oxygens (including phenoxy) is 1. The number of nitrogen functional groups attached to an aromatic ring is 1. The Morgan fingerprint density at radius 2 is 1.89 bits per heavy atom. The molecule has 2 aromatic heterocycles. The molecule has 1 fully saturated rings. The van der Waals surface area contributed by atoms with Gasteiger partial charge in [-0.2, -0.15) is 0 Å². The highest BCUT2D eigenvalue weighted by Gasteiger charge is 2.29. The summed E-state index contributed by atoms with van der Waals surface area (Å²) in [7, 11) is 0. The zero-order valence-electron chi connectivity index (χ0n) is 16.6. The van der Waals surface area contributed by atoms with E-state index in [2.05, 4.69) is 13.8 Å². The molecular weight excluding hydrogens is 352 g/mol. The SMILES string of the molecule is CC[C@H](C)COC(=O)c1c(N)n(C2CCCCC2)c2nc3ccccc3nc12. The van der Waals surface area contributed by atoms with E-state index in [-0.39, 0.29) is 6.04 Å². The second kappa shape index (κ2) is 7.78. The fourth-order valence-corrected chi connectivity index (χ4v) is 4.00. The number of nitrogens with zero attached hydrogens (tertiary/aromatic N) is 3. The third-order valence-electron chi connectivity index (χ3n) is 5.87. The van der Waals surface area contributed by atoms with E-state index in [0.29, 0.717) is 35.1 Å². The van der Waals surface area contributed by atoms with Gasteiger partial charge in [-0.3, -0.25) is 0 Å². The van der Waals surface area contributed by atoms with E-state index in [9.17, 15) is 4.79 Å². The van der Waals surface area contributed by atoms with E-state index in [4.69, 9.17) is 20.4 Å². The number of nitrogens with two attached hydrogens (primary N) is 1. The van der Waals surface area contributed by atoms with Crippen molar-refractivity contribution in [3.8, 4) is 0 Å². The van der Waals surface area contributed by atoms with Gasteiger partial charge < -0.3 is 15.0 Å². The lowest BCUT2D eigenvalue weighted by molar-refractivity contribution is 0.0450. The third kappa shape index (κ3) is 3.32. The van der Waals surface area contributed by atoms with Crippen LogP contribution in [0.15, 0.2) is 24.3 Å². The Kier molecular flexibility index (Phi) is 5.20. The Bertz CT molecular complexity index is 1000. The number of rotatable bonds is 5. The summed E-state index contributed by atoms with van der Waals surface area (Å²) < 4.78 is 7.62. The quantitative estimate of drug-likeness (QED) is 0.638. The first-order chi connectivity index (χ1) is 13.6. The normalized spacial score (nSPS) is 16.5. The molecule has 4 rings (SSSR count). The summed E-state index contributed by atoms with van der Waals surface area (Å²) >= 11 is 0. The first-order valence-corrected chi connectivity index (χ1v) is 10.3. The first-order valence-electron chi connectivity index (χ1n) is 10.3. The Labute approximate surface area is 165 Å². The smallest absolute Gasteiger partial charge is 0.344 e. The molecule has 0 bridgehead atoms. The van der Waals surface area contributed by atoms with Crippen LogP contribution in [0.2, 0.25) is 0 Å². The molecule has 1 atom stereocenters. The zero-order chi connectivity index (χ0) is 19.7. The average molecular weight is 380 g/mol. The van der Waals surface area contributed by atoms with Crippen LogP contribution in [0, 0.1) is 5.92 Å². The van der Waals surface area contributed by atoms with Crippen molar-refractivity contribution in [2.24, 2.45) is 5.92 Å². The van der Waals surface area contributed by atoms with Crippen LogP contribution in [0.25, 0.3) is 22.2 Å². The lowest BCUT2D eigenvalue weighted by Crippen LogP contribution is -2.17. The maximum Gasteiger partial charge on any atom is 0.344 e. The van der Waals surface area contributed by atoms with Crippen LogP contribution >= 0.6 is 0 Å². The molecule has 2 N–H and O–H groups in total. The average Bonchev–Trinajstić information content (AvgIpc) is 3.01. The van der Waals surface area contributed by atoms with Gasteiger partial charge in [0.2, 0.25) is 0 Å². The Morgan fingerprint density at radius 1 is 1.21 bits per heavy atom. The van der Waals surface area contributed by atoms with Crippen molar-refractivity contribution in [2.45, 2.75) is 58.4 Å². The Hall–Kier alpha value is -2.63.